The summed E-state index contributed by atoms with van der Waals surface area (Å²) in [6.07, 6.45) is 0. The van der Waals surface area contributed by atoms with Crippen LogP contribution < -0.4 is 0 Å². The van der Waals surface area contributed by atoms with Crippen LogP contribution in [0.4, 0.5) is 0 Å². The summed E-state index contributed by atoms with van der Waals surface area (Å²) in [6.45, 7) is 4.33. The van der Waals surface area contributed by atoms with Crippen molar-refractivity contribution in [2.75, 3.05) is 0 Å². The van der Waals surface area contributed by atoms with Crippen molar-refractivity contribution < 1.29 is 6.85 Å². The van der Waals surface area contributed by atoms with Crippen LogP contribution in [0.2, 0.25) is 5.28 Å². The lowest BCUT2D eigenvalue weighted by Gasteiger charge is -2.21. The number of halogens is 1. The summed E-state index contributed by atoms with van der Waals surface area (Å²) < 4.78 is 40.3. The number of nitrogens with zero attached hydrogens (tertiary/aromatic N) is 3. The summed E-state index contributed by atoms with van der Waals surface area (Å²) in [5.41, 5.74) is 4.80. The van der Waals surface area contributed by atoms with Crippen LogP contribution in [0.3, 0.4) is 0 Å². The van der Waals surface area contributed by atoms with E-state index >= 15 is 0 Å². The van der Waals surface area contributed by atoms with E-state index in [-0.39, 0.29) is 40.0 Å². The molecule has 136 valence electrons. The highest BCUT2D eigenvalue weighted by Gasteiger charge is 2.36. The molecular formula is C24H18ClN3. The molecule has 1 aromatic heterocycles. The summed E-state index contributed by atoms with van der Waals surface area (Å²) in [7, 11) is 0. The van der Waals surface area contributed by atoms with Crippen LogP contribution in [-0.4, -0.2) is 15.0 Å². The monoisotopic (exact) mass is 388 g/mol. The van der Waals surface area contributed by atoms with Crippen LogP contribution in [-0.2, 0) is 5.41 Å². The topological polar surface area (TPSA) is 38.7 Å². The molecule has 3 aromatic carbocycles. The van der Waals surface area contributed by atoms with Crippen LogP contribution in [0.25, 0.3) is 33.9 Å². The number of fused-ring (bicyclic) bond motifs is 3. The van der Waals surface area contributed by atoms with Gasteiger partial charge >= 0.3 is 0 Å². The minimum Gasteiger partial charge on any atom is -0.208 e. The van der Waals surface area contributed by atoms with Gasteiger partial charge in [0.1, 0.15) is 0 Å². The second-order valence-corrected chi connectivity index (χ2v) is 7.49. The molecule has 4 aromatic rings. The van der Waals surface area contributed by atoms with Crippen LogP contribution >= 0.6 is 11.6 Å². The molecule has 0 fully saturated rings. The van der Waals surface area contributed by atoms with Crippen molar-refractivity contribution >= 4 is 11.6 Å². The Labute approximate surface area is 176 Å². The van der Waals surface area contributed by atoms with Gasteiger partial charge in [0.15, 0.2) is 11.6 Å². The summed E-state index contributed by atoms with van der Waals surface area (Å²) in [5.74, 6) is 0.214. The van der Waals surface area contributed by atoms with Crippen LogP contribution in [0.5, 0.6) is 0 Å². The third kappa shape index (κ3) is 2.54. The highest BCUT2D eigenvalue weighted by molar-refractivity contribution is 6.28. The maximum Gasteiger partial charge on any atom is 0.226 e. The molecule has 0 saturated heterocycles. The molecule has 1 heterocycles. The Bertz CT molecular complexity index is 1440. The molecular weight excluding hydrogens is 366 g/mol. The minimum absolute atomic E-state index is 0.0647. The fourth-order valence-corrected chi connectivity index (χ4v) is 4.05. The first-order valence-corrected chi connectivity index (χ1v) is 9.23. The van der Waals surface area contributed by atoms with E-state index in [1.165, 1.54) is 5.56 Å². The second kappa shape index (κ2) is 6.25. The number of hydrogen-bond donors (Lipinski definition) is 0. The van der Waals surface area contributed by atoms with Crippen molar-refractivity contribution in [1.29, 1.82) is 0 Å². The Hall–Kier alpha value is -3.04. The smallest absolute Gasteiger partial charge is 0.208 e. The molecule has 0 unspecified atom stereocenters. The van der Waals surface area contributed by atoms with Gasteiger partial charge in [-0.15, -0.1) is 0 Å². The van der Waals surface area contributed by atoms with Gasteiger partial charge in [0, 0.05) is 16.5 Å². The third-order valence-corrected chi connectivity index (χ3v) is 5.35. The third-order valence-electron chi connectivity index (χ3n) is 5.18. The van der Waals surface area contributed by atoms with Crippen molar-refractivity contribution in [1.82, 2.24) is 15.0 Å². The van der Waals surface area contributed by atoms with E-state index in [4.69, 9.17) is 18.5 Å². The van der Waals surface area contributed by atoms with E-state index in [1.54, 1.807) is 0 Å². The van der Waals surface area contributed by atoms with Crippen LogP contribution in [0.15, 0.2) is 72.7 Å². The first kappa shape index (κ1) is 12.4. The Balaban J connectivity index is 1.79. The van der Waals surface area contributed by atoms with Crippen molar-refractivity contribution in [2.45, 2.75) is 19.3 Å². The van der Waals surface area contributed by atoms with E-state index in [0.29, 0.717) is 0 Å². The standard InChI is InChI=1S/C24H18ClN3/c1-24(2)18-13-7-6-11-16(18)20-17(12-8-14-19(20)24)22-26-21(27-23(25)28-22)15-9-4-3-5-10-15/h3-14H,1-2H3/i3D,4D,5D,9D,10D. The maximum atomic E-state index is 8.27. The number of aromatic nitrogens is 3. The lowest BCUT2D eigenvalue weighted by atomic mass is 9.82. The number of rotatable bonds is 2. The van der Waals surface area contributed by atoms with Gasteiger partial charge in [-0.2, -0.15) is 9.97 Å². The van der Waals surface area contributed by atoms with E-state index in [1.807, 2.05) is 24.3 Å². The van der Waals surface area contributed by atoms with Crippen LogP contribution in [0.1, 0.15) is 31.8 Å². The molecule has 28 heavy (non-hydrogen) atoms. The predicted octanol–water partition coefficient (Wildman–Crippen LogP) is 6.17. The van der Waals surface area contributed by atoms with Gasteiger partial charge in [0.05, 0.1) is 6.85 Å². The van der Waals surface area contributed by atoms with Gasteiger partial charge in [-0.05, 0) is 33.9 Å². The maximum absolute atomic E-state index is 8.27. The lowest BCUT2D eigenvalue weighted by Crippen LogP contribution is -2.14. The molecule has 4 heteroatoms. The van der Waals surface area contributed by atoms with Gasteiger partial charge in [0.2, 0.25) is 5.28 Å². The highest BCUT2D eigenvalue weighted by atomic mass is 35.5. The van der Waals surface area contributed by atoms with Gasteiger partial charge in [-0.1, -0.05) is 86.5 Å². The normalized spacial score (nSPS) is 16.3. The molecule has 0 aliphatic heterocycles. The van der Waals surface area contributed by atoms with E-state index in [9.17, 15) is 0 Å². The van der Waals surface area contributed by atoms with E-state index < -0.39 is 18.1 Å². The van der Waals surface area contributed by atoms with Crippen molar-refractivity contribution in [2.24, 2.45) is 0 Å². The van der Waals surface area contributed by atoms with E-state index in [2.05, 4.69) is 47.0 Å². The van der Waals surface area contributed by atoms with Gasteiger partial charge < -0.3 is 0 Å². The second-order valence-electron chi connectivity index (χ2n) is 7.15. The largest absolute Gasteiger partial charge is 0.226 e. The summed E-state index contributed by atoms with van der Waals surface area (Å²) in [5, 5.41) is -0.120. The minimum atomic E-state index is -0.478. The summed E-state index contributed by atoms with van der Waals surface area (Å²) in [6, 6.07) is 11.9. The Morgan fingerprint density at radius 2 is 1.46 bits per heavy atom. The van der Waals surface area contributed by atoms with Crippen molar-refractivity contribution in [3.05, 3.63) is 89.1 Å². The Kier molecular flexibility index (Phi) is 2.77. The lowest BCUT2D eigenvalue weighted by molar-refractivity contribution is 0.660. The molecule has 1 aliphatic carbocycles. The van der Waals surface area contributed by atoms with Gasteiger partial charge in [-0.25, -0.2) is 4.98 Å². The SMILES string of the molecule is [2H]c1c([2H])c([2H])c(-c2nc(Cl)nc(-c3cccc4c3-c3ccccc3C4(C)C)n2)c([2H])c1[2H]. The molecule has 1 aliphatic rings. The molecule has 0 radical (unpaired) electrons. The predicted molar refractivity (Wildman–Crippen MR) is 113 cm³/mol. The Morgan fingerprint density at radius 3 is 2.29 bits per heavy atom. The number of benzene rings is 3. The average Bonchev–Trinajstić information content (AvgIpc) is 3.03. The zero-order valence-electron chi connectivity index (χ0n) is 20.3. The molecule has 0 saturated carbocycles. The molecule has 0 atom stereocenters. The zero-order chi connectivity index (χ0) is 23.7. The van der Waals surface area contributed by atoms with Crippen LogP contribution in [0, 0.1) is 0 Å². The fourth-order valence-electron chi connectivity index (χ4n) is 3.89. The first-order valence-electron chi connectivity index (χ1n) is 11.4. The molecule has 3 nitrogen and oxygen atoms in total. The van der Waals surface area contributed by atoms with Gasteiger partial charge in [0.25, 0.3) is 0 Å². The molecule has 0 spiro atoms. The summed E-state index contributed by atoms with van der Waals surface area (Å²) >= 11 is 6.26. The molecule has 0 bridgehead atoms. The fraction of sp³-hybridized carbons (Fsp3) is 0.125. The van der Waals surface area contributed by atoms with Crippen molar-refractivity contribution in [3.63, 3.8) is 0 Å². The zero-order valence-corrected chi connectivity index (χ0v) is 16.0. The molecule has 0 amide bonds. The van der Waals surface area contributed by atoms with Gasteiger partial charge in [-0.3, -0.25) is 0 Å². The van der Waals surface area contributed by atoms with Crippen molar-refractivity contribution in [3.8, 4) is 33.9 Å². The Morgan fingerprint density at radius 1 is 0.786 bits per heavy atom. The summed E-state index contributed by atoms with van der Waals surface area (Å²) in [4.78, 5) is 13.0. The highest BCUT2D eigenvalue weighted by Crippen LogP contribution is 2.51. The molecule has 0 N–H and O–H groups in total. The average molecular weight is 389 g/mol. The molecule has 5 rings (SSSR count). The quantitative estimate of drug-likeness (QED) is 0.412. The first-order chi connectivity index (χ1) is 15.6. The van der Waals surface area contributed by atoms with E-state index in [0.717, 1.165) is 22.3 Å². The number of hydrogen-bond acceptors (Lipinski definition) is 3.